The summed E-state index contributed by atoms with van der Waals surface area (Å²) in [5.74, 6) is 0.438. The Morgan fingerprint density at radius 1 is 1.21 bits per heavy atom. The van der Waals surface area contributed by atoms with Gasteiger partial charge in [0, 0.05) is 10.9 Å². The predicted molar refractivity (Wildman–Crippen MR) is 95.6 cm³/mol. The summed E-state index contributed by atoms with van der Waals surface area (Å²) >= 11 is 6.03. The number of hydrogen-bond donors (Lipinski definition) is 1. The lowest BCUT2D eigenvalue weighted by Gasteiger charge is -2.38. The van der Waals surface area contributed by atoms with E-state index in [1.807, 2.05) is 24.3 Å². The zero-order chi connectivity index (χ0) is 16.7. The minimum Gasteiger partial charge on any atom is -0.465 e. The minimum absolute atomic E-state index is 0.139. The molecule has 4 rings (SSSR count). The third-order valence-corrected chi connectivity index (χ3v) is 5.28. The van der Waals surface area contributed by atoms with Crippen LogP contribution >= 0.6 is 11.6 Å². The number of esters is 1. The quantitative estimate of drug-likeness (QED) is 0.621. The van der Waals surface area contributed by atoms with E-state index in [9.17, 15) is 4.79 Å². The maximum Gasteiger partial charge on any atom is 0.339 e. The number of halogens is 1. The van der Waals surface area contributed by atoms with Crippen LogP contribution in [-0.2, 0) is 4.74 Å². The number of allylic oxidation sites excluding steroid dienone is 2. The second-order valence-corrected chi connectivity index (χ2v) is 6.72. The molecule has 3 nitrogen and oxygen atoms in total. The van der Waals surface area contributed by atoms with Gasteiger partial charge in [0.15, 0.2) is 0 Å². The second kappa shape index (κ2) is 5.99. The lowest BCUT2D eigenvalue weighted by atomic mass is 9.76. The first kappa shape index (κ1) is 15.3. The molecule has 1 N–H and O–H groups in total. The van der Waals surface area contributed by atoms with Gasteiger partial charge in [-0.3, -0.25) is 0 Å². The van der Waals surface area contributed by atoms with Crippen LogP contribution in [0.15, 0.2) is 54.6 Å². The maximum atomic E-state index is 12.2. The number of nitrogens with one attached hydrogen (secondary N) is 1. The van der Waals surface area contributed by atoms with Gasteiger partial charge in [-0.1, -0.05) is 48.0 Å². The van der Waals surface area contributed by atoms with E-state index in [0.29, 0.717) is 17.4 Å². The fourth-order valence-electron chi connectivity index (χ4n) is 3.90. The standard InChI is InChI=1S/C20H18ClNO2/c1-24-20(23)17-7-3-6-16-14-4-2-5-15(14)18(22-19(16)17)12-8-10-13(21)11-9-12/h2-4,6-11,14-15,18,22H,5H2,1H3/t14-,15-,18+/m1/s1. The number of para-hydroxylation sites is 1. The molecule has 0 amide bonds. The highest BCUT2D eigenvalue weighted by molar-refractivity contribution is 6.30. The van der Waals surface area contributed by atoms with Crippen LogP contribution in [0.4, 0.5) is 5.69 Å². The fourth-order valence-corrected chi connectivity index (χ4v) is 4.03. The number of carbonyl (C=O) groups excluding carboxylic acids is 1. The SMILES string of the molecule is COC(=O)c1cccc2c1N[C@@H](c1ccc(Cl)cc1)[C@@H]1CC=C[C@@H]21. The van der Waals surface area contributed by atoms with Crippen LogP contribution in [-0.4, -0.2) is 13.1 Å². The lowest BCUT2D eigenvalue weighted by molar-refractivity contribution is 0.0601. The molecule has 0 saturated carbocycles. The molecule has 0 spiro atoms. The van der Waals surface area contributed by atoms with Crippen molar-refractivity contribution in [2.75, 3.05) is 12.4 Å². The van der Waals surface area contributed by atoms with E-state index in [4.69, 9.17) is 16.3 Å². The summed E-state index contributed by atoms with van der Waals surface area (Å²) in [6.45, 7) is 0. The molecular weight excluding hydrogens is 322 g/mol. The number of benzene rings is 2. The summed E-state index contributed by atoms with van der Waals surface area (Å²) in [5.41, 5.74) is 3.83. The van der Waals surface area contributed by atoms with Gasteiger partial charge in [-0.05, 0) is 41.7 Å². The molecule has 24 heavy (non-hydrogen) atoms. The van der Waals surface area contributed by atoms with Gasteiger partial charge in [0.1, 0.15) is 0 Å². The number of carbonyl (C=O) groups is 1. The summed E-state index contributed by atoms with van der Waals surface area (Å²) < 4.78 is 4.96. The Hall–Kier alpha value is -2.26. The van der Waals surface area contributed by atoms with E-state index >= 15 is 0 Å². The highest BCUT2D eigenvalue weighted by atomic mass is 35.5. The lowest BCUT2D eigenvalue weighted by Crippen LogP contribution is -2.30. The Balaban J connectivity index is 1.82. The van der Waals surface area contributed by atoms with Gasteiger partial charge in [-0.15, -0.1) is 0 Å². The van der Waals surface area contributed by atoms with Gasteiger partial charge < -0.3 is 10.1 Å². The Morgan fingerprint density at radius 2 is 2.00 bits per heavy atom. The molecule has 1 aliphatic heterocycles. The van der Waals surface area contributed by atoms with Crippen molar-refractivity contribution in [2.24, 2.45) is 5.92 Å². The normalized spacial score (nSPS) is 24.0. The van der Waals surface area contributed by atoms with Crippen molar-refractivity contribution in [3.05, 3.63) is 76.3 Å². The van der Waals surface area contributed by atoms with Crippen molar-refractivity contribution in [3.8, 4) is 0 Å². The Bertz CT molecular complexity index is 813. The van der Waals surface area contributed by atoms with E-state index in [1.54, 1.807) is 0 Å². The fraction of sp³-hybridized carbons (Fsp3) is 0.250. The number of anilines is 1. The average Bonchev–Trinajstić information content (AvgIpc) is 3.10. The third kappa shape index (κ3) is 2.40. The molecule has 2 aliphatic rings. The molecule has 3 atom stereocenters. The van der Waals surface area contributed by atoms with Crippen molar-refractivity contribution in [1.82, 2.24) is 0 Å². The van der Waals surface area contributed by atoms with Gasteiger partial charge in [-0.2, -0.15) is 0 Å². The van der Waals surface area contributed by atoms with Crippen LogP contribution in [0.1, 0.15) is 39.9 Å². The zero-order valence-electron chi connectivity index (χ0n) is 13.3. The highest BCUT2D eigenvalue weighted by Gasteiger charge is 2.39. The molecule has 2 aromatic rings. The van der Waals surface area contributed by atoms with Crippen LogP contribution < -0.4 is 5.32 Å². The largest absolute Gasteiger partial charge is 0.465 e. The van der Waals surface area contributed by atoms with Crippen LogP contribution in [0.2, 0.25) is 5.02 Å². The van der Waals surface area contributed by atoms with E-state index in [-0.39, 0.29) is 12.0 Å². The minimum atomic E-state index is -0.311. The number of hydrogen-bond acceptors (Lipinski definition) is 3. The van der Waals surface area contributed by atoms with E-state index in [1.165, 1.54) is 18.2 Å². The van der Waals surface area contributed by atoms with E-state index in [0.717, 1.165) is 17.1 Å². The molecule has 0 radical (unpaired) electrons. The molecule has 122 valence electrons. The molecule has 0 saturated heterocycles. The molecular formula is C20H18ClNO2. The molecule has 0 bridgehead atoms. The molecule has 4 heteroatoms. The molecule has 0 aromatic heterocycles. The van der Waals surface area contributed by atoms with Crippen molar-refractivity contribution >= 4 is 23.3 Å². The van der Waals surface area contributed by atoms with Gasteiger partial charge >= 0.3 is 5.97 Å². The van der Waals surface area contributed by atoms with Gasteiger partial charge in [0.2, 0.25) is 0 Å². The zero-order valence-corrected chi connectivity index (χ0v) is 14.1. The van der Waals surface area contributed by atoms with Crippen LogP contribution in [0, 0.1) is 5.92 Å². The first-order valence-electron chi connectivity index (χ1n) is 8.09. The van der Waals surface area contributed by atoms with Crippen molar-refractivity contribution in [2.45, 2.75) is 18.4 Å². The Kier molecular flexibility index (Phi) is 3.81. The average molecular weight is 340 g/mol. The van der Waals surface area contributed by atoms with Crippen LogP contribution in [0.25, 0.3) is 0 Å². The molecule has 1 heterocycles. The van der Waals surface area contributed by atoms with Gasteiger partial charge in [0.25, 0.3) is 0 Å². The monoisotopic (exact) mass is 339 g/mol. The number of methoxy groups -OCH3 is 1. The number of ether oxygens (including phenoxy) is 1. The summed E-state index contributed by atoms with van der Waals surface area (Å²) in [5, 5.41) is 4.33. The van der Waals surface area contributed by atoms with Crippen molar-refractivity contribution < 1.29 is 9.53 Å². The van der Waals surface area contributed by atoms with E-state index < -0.39 is 0 Å². The van der Waals surface area contributed by atoms with Crippen LogP contribution in [0.5, 0.6) is 0 Å². The van der Waals surface area contributed by atoms with Crippen molar-refractivity contribution in [1.29, 1.82) is 0 Å². The van der Waals surface area contributed by atoms with E-state index in [2.05, 4.69) is 35.7 Å². The molecule has 0 fully saturated rings. The summed E-state index contributed by atoms with van der Waals surface area (Å²) in [4.78, 5) is 12.2. The second-order valence-electron chi connectivity index (χ2n) is 6.29. The summed E-state index contributed by atoms with van der Waals surface area (Å²) in [7, 11) is 1.42. The third-order valence-electron chi connectivity index (χ3n) is 5.03. The Morgan fingerprint density at radius 3 is 2.75 bits per heavy atom. The predicted octanol–water partition coefficient (Wildman–Crippen LogP) is 4.95. The topological polar surface area (TPSA) is 38.3 Å². The molecule has 0 unspecified atom stereocenters. The first-order valence-corrected chi connectivity index (χ1v) is 8.46. The number of fused-ring (bicyclic) bond motifs is 3. The number of rotatable bonds is 2. The highest BCUT2D eigenvalue weighted by Crippen LogP contribution is 2.50. The smallest absolute Gasteiger partial charge is 0.339 e. The first-order chi connectivity index (χ1) is 11.7. The van der Waals surface area contributed by atoms with Gasteiger partial charge in [0.05, 0.1) is 24.4 Å². The van der Waals surface area contributed by atoms with Crippen molar-refractivity contribution in [3.63, 3.8) is 0 Å². The van der Waals surface area contributed by atoms with Gasteiger partial charge in [-0.25, -0.2) is 4.79 Å². The Labute approximate surface area is 146 Å². The van der Waals surface area contributed by atoms with Crippen LogP contribution in [0.3, 0.4) is 0 Å². The maximum absolute atomic E-state index is 12.2. The molecule has 1 aliphatic carbocycles. The summed E-state index contributed by atoms with van der Waals surface area (Å²) in [6, 6.07) is 13.9. The summed E-state index contributed by atoms with van der Waals surface area (Å²) in [6.07, 6.45) is 5.51. The molecule has 2 aromatic carbocycles.